The molecule has 16 heavy (non-hydrogen) atoms. The number of nitrogens with one attached hydrogen (secondary N) is 1. The summed E-state index contributed by atoms with van der Waals surface area (Å²) in [6.45, 7) is 0.568. The fourth-order valence-corrected chi connectivity index (χ4v) is 1.66. The van der Waals surface area contributed by atoms with Crippen molar-refractivity contribution in [2.75, 3.05) is 20.3 Å². The predicted octanol–water partition coefficient (Wildman–Crippen LogP) is 2.30. The van der Waals surface area contributed by atoms with E-state index < -0.39 is 0 Å². The second-order valence-electron chi connectivity index (χ2n) is 2.84. The molecule has 0 aromatic heterocycles. The molecule has 0 fully saturated rings. The average Bonchev–Trinajstić information content (AvgIpc) is 2.24. The standard InChI is InChI=1S/C10H11Cl2NO3/c1-15-16-6-5-13-10(14)9-7(11)3-2-4-8(9)12/h2-4H,5-6H2,1H3,(H,13,14). The molecular weight excluding hydrogens is 253 g/mol. The topological polar surface area (TPSA) is 47.6 Å². The Morgan fingerprint density at radius 3 is 2.56 bits per heavy atom. The average molecular weight is 264 g/mol. The lowest BCUT2D eigenvalue weighted by atomic mass is 10.2. The Morgan fingerprint density at radius 2 is 2.00 bits per heavy atom. The molecule has 6 heteroatoms. The van der Waals surface area contributed by atoms with E-state index in [4.69, 9.17) is 23.2 Å². The molecule has 1 aromatic rings. The van der Waals surface area contributed by atoms with Crippen LogP contribution in [-0.4, -0.2) is 26.2 Å². The lowest BCUT2D eigenvalue weighted by Crippen LogP contribution is -2.27. The number of halogens is 2. The first-order valence-electron chi connectivity index (χ1n) is 4.54. The molecule has 1 rings (SSSR count). The molecule has 0 heterocycles. The molecule has 0 bridgehead atoms. The lowest BCUT2D eigenvalue weighted by molar-refractivity contribution is -0.270. The fourth-order valence-electron chi connectivity index (χ4n) is 1.09. The SMILES string of the molecule is COOCCNC(=O)c1c(Cl)cccc1Cl. The Bertz CT molecular complexity index is 351. The van der Waals surface area contributed by atoms with Gasteiger partial charge in [0, 0.05) is 6.54 Å². The van der Waals surface area contributed by atoms with E-state index in [0.717, 1.165) is 0 Å². The van der Waals surface area contributed by atoms with Crippen LogP contribution in [0.15, 0.2) is 18.2 Å². The maximum Gasteiger partial charge on any atom is 0.254 e. The molecule has 0 spiro atoms. The molecule has 0 atom stereocenters. The van der Waals surface area contributed by atoms with Crippen LogP contribution in [0.4, 0.5) is 0 Å². The summed E-state index contributed by atoms with van der Waals surface area (Å²) in [5.74, 6) is -0.338. The number of amides is 1. The first kappa shape index (κ1) is 13.3. The zero-order chi connectivity index (χ0) is 12.0. The zero-order valence-corrected chi connectivity index (χ0v) is 10.1. The van der Waals surface area contributed by atoms with Crippen LogP contribution in [-0.2, 0) is 9.78 Å². The number of benzene rings is 1. The molecule has 0 aliphatic heterocycles. The number of carbonyl (C=O) groups is 1. The molecular formula is C10H11Cl2NO3. The maximum absolute atomic E-state index is 11.7. The van der Waals surface area contributed by atoms with Gasteiger partial charge < -0.3 is 5.32 Å². The molecule has 1 N–H and O–H groups in total. The summed E-state index contributed by atoms with van der Waals surface area (Å²) >= 11 is 11.7. The third kappa shape index (κ3) is 3.64. The summed E-state index contributed by atoms with van der Waals surface area (Å²) in [6.07, 6.45) is 0. The Morgan fingerprint density at radius 1 is 1.38 bits per heavy atom. The van der Waals surface area contributed by atoms with Crippen molar-refractivity contribution in [2.24, 2.45) is 0 Å². The molecule has 0 aliphatic rings. The van der Waals surface area contributed by atoms with Crippen molar-refractivity contribution in [3.63, 3.8) is 0 Å². The Labute approximate surface area is 103 Å². The molecule has 0 radical (unpaired) electrons. The van der Waals surface area contributed by atoms with Gasteiger partial charge in [0.2, 0.25) is 0 Å². The number of rotatable bonds is 5. The highest BCUT2D eigenvalue weighted by atomic mass is 35.5. The third-order valence-electron chi connectivity index (χ3n) is 1.78. The first-order valence-corrected chi connectivity index (χ1v) is 5.30. The van der Waals surface area contributed by atoms with E-state index in [1.54, 1.807) is 18.2 Å². The normalized spacial score (nSPS) is 10.2. The van der Waals surface area contributed by atoms with Gasteiger partial charge in [0.05, 0.1) is 29.3 Å². The smallest absolute Gasteiger partial charge is 0.254 e. The summed E-state index contributed by atoms with van der Waals surface area (Å²) in [6, 6.07) is 4.89. The van der Waals surface area contributed by atoms with Crippen molar-refractivity contribution in [2.45, 2.75) is 0 Å². The van der Waals surface area contributed by atoms with E-state index >= 15 is 0 Å². The van der Waals surface area contributed by atoms with Gasteiger partial charge in [0.15, 0.2) is 0 Å². The summed E-state index contributed by atoms with van der Waals surface area (Å²) in [5, 5.41) is 3.24. The van der Waals surface area contributed by atoms with Crippen LogP contribution >= 0.6 is 23.2 Å². The molecule has 1 aromatic carbocycles. The first-order chi connectivity index (χ1) is 7.66. The van der Waals surface area contributed by atoms with E-state index in [-0.39, 0.29) is 18.1 Å². The second-order valence-corrected chi connectivity index (χ2v) is 3.66. The van der Waals surface area contributed by atoms with Crippen molar-refractivity contribution >= 4 is 29.1 Å². The predicted molar refractivity (Wildman–Crippen MR) is 61.8 cm³/mol. The van der Waals surface area contributed by atoms with Gasteiger partial charge >= 0.3 is 0 Å². The second kappa shape index (κ2) is 6.70. The monoisotopic (exact) mass is 263 g/mol. The van der Waals surface area contributed by atoms with Crippen LogP contribution in [0, 0.1) is 0 Å². The minimum Gasteiger partial charge on any atom is -0.350 e. The molecule has 0 unspecified atom stereocenters. The van der Waals surface area contributed by atoms with E-state index in [2.05, 4.69) is 15.1 Å². The van der Waals surface area contributed by atoms with Gasteiger partial charge in [0.25, 0.3) is 5.91 Å². The molecule has 0 aliphatic carbocycles. The van der Waals surface area contributed by atoms with E-state index in [0.29, 0.717) is 16.6 Å². The van der Waals surface area contributed by atoms with Gasteiger partial charge in [-0.05, 0) is 12.1 Å². The Kier molecular flexibility index (Phi) is 5.55. The Hall–Kier alpha value is -0.810. The van der Waals surface area contributed by atoms with E-state index in [1.165, 1.54) is 7.11 Å². The van der Waals surface area contributed by atoms with Gasteiger partial charge in [-0.2, -0.15) is 0 Å². The number of hydrogen-bond acceptors (Lipinski definition) is 3. The van der Waals surface area contributed by atoms with Gasteiger partial charge in [-0.1, -0.05) is 29.3 Å². The third-order valence-corrected chi connectivity index (χ3v) is 2.41. The van der Waals surface area contributed by atoms with Crippen molar-refractivity contribution in [3.8, 4) is 0 Å². The quantitative estimate of drug-likeness (QED) is 0.504. The highest BCUT2D eigenvalue weighted by Crippen LogP contribution is 2.23. The molecule has 88 valence electrons. The molecule has 0 saturated heterocycles. The van der Waals surface area contributed by atoms with Crippen LogP contribution in [0.2, 0.25) is 10.0 Å². The van der Waals surface area contributed by atoms with Crippen molar-refractivity contribution in [1.29, 1.82) is 0 Å². The zero-order valence-electron chi connectivity index (χ0n) is 8.63. The molecule has 1 amide bonds. The van der Waals surface area contributed by atoms with Crippen molar-refractivity contribution in [3.05, 3.63) is 33.8 Å². The molecule has 4 nitrogen and oxygen atoms in total. The summed E-state index contributed by atoms with van der Waals surface area (Å²) < 4.78 is 0. The van der Waals surface area contributed by atoms with Crippen LogP contribution in [0.25, 0.3) is 0 Å². The number of hydrogen-bond donors (Lipinski definition) is 1. The fraction of sp³-hybridized carbons (Fsp3) is 0.300. The van der Waals surface area contributed by atoms with E-state index in [1.807, 2.05) is 0 Å². The minimum atomic E-state index is -0.338. The van der Waals surface area contributed by atoms with Crippen LogP contribution in [0.5, 0.6) is 0 Å². The van der Waals surface area contributed by atoms with E-state index in [9.17, 15) is 4.79 Å². The van der Waals surface area contributed by atoms with Crippen molar-refractivity contribution in [1.82, 2.24) is 5.32 Å². The van der Waals surface area contributed by atoms with Gasteiger partial charge in [0.1, 0.15) is 0 Å². The van der Waals surface area contributed by atoms with Gasteiger partial charge in [-0.3, -0.25) is 4.79 Å². The van der Waals surface area contributed by atoms with Crippen LogP contribution in [0.1, 0.15) is 10.4 Å². The highest BCUT2D eigenvalue weighted by molar-refractivity contribution is 6.39. The summed E-state index contributed by atoms with van der Waals surface area (Å²) in [5.41, 5.74) is 0.267. The largest absolute Gasteiger partial charge is 0.350 e. The summed E-state index contributed by atoms with van der Waals surface area (Å²) in [7, 11) is 1.40. The van der Waals surface area contributed by atoms with Crippen LogP contribution in [0.3, 0.4) is 0 Å². The number of carbonyl (C=O) groups excluding carboxylic acids is 1. The molecule has 0 saturated carbocycles. The lowest BCUT2D eigenvalue weighted by Gasteiger charge is -2.07. The minimum absolute atomic E-state index is 0.254. The highest BCUT2D eigenvalue weighted by Gasteiger charge is 2.13. The Balaban J connectivity index is 2.59. The van der Waals surface area contributed by atoms with Gasteiger partial charge in [-0.25, -0.2) is 9.78 Å². The van der Waals surface area contributed by atoms with Crippen LogP contribution < -0.4 is 5.32 Å². The van der Waals surface area contributed by atoms with Crippen molar-refractivity contribution < 1.29 is 14.6 Å². The van der Waals surface area contributed by atoms with Gasteiger partial charge in [-0.15, -0.1) is 0 Å². The summed E-state index contributed by atoms with van der Waals surface area (Å²) in [4.78, 5) is 20.6. The maximum atomic E-state index is 11.7.